The van der Waals surface area contributed by atoms with Gasteiger partial charge >= 0.3 is 5.97 Å². The van der Waals surface area contributed by atoms with E-state index in [4.69, 9.17) is 9.73 Å². The summed E-state index contributed by atoms with van der Waals surface area (Å²) in [6.45, 7) is 7.61. The van der Waals surface area contributed by atoms with Crippen molar-refractivity contribution in [1.82, 2.24) is 14.8 Å². The molecule has 0 aliphatic carbocycles. The standard InChI is InChI=1S/C29H29N5O4S/c1-15-17(3)39-28-24(15)26(31-25(16(2)29(36)37)27-33-32-18(4)34(27)28)20-8-10-21(11-9-20)30-23(35)14-19-6-12-22(38-5)13-7-19/h6-13,16,25H,14H2,1-5H3,(H,30,35)(H,36,37)/t16-,25?/m0/s1. The molecule has 9 nitrogen and oxygen atoms in total. The van der Waals surface area contributed by atoms with Gasteiger partial charge in [-0.25, -0.2) is 0 Å². The molecule has 200 valence electrons. The molecule has 2 atom stereocenters. The minimum Gasteiger partial charge on any atom is -0.497 e. The Balaban J connectivity index is 1.48. The van der Waals surface area contributed by atoms with Gasteiger partial charge in [-0.05, 0) is 63.1 Å². The molecule has 39 heavy (non-hydrogen) atoms. The molecule has 0 radical (unpaired) electrons. The van der Waals surface area contributed by atoms with Crippen LogP contribution in [-0.2, 0) is 16.0 Å². The number of nitrogens with one attached hydrogen (secondary N) is 1. The molecule has 1 aliphatic heterocycles. The van der Waals surface area contributed by atoms with Gasteiger partial charge in [0.25, 0.3) is 0 Å². The SMILES string of the molecule is COc1ccc(CC(=O)Nc2ccc(C3=NC([C@H](C)C(=O)O)c4nnc(C)n4-c4sc(C)c(C)c43)cc2)cc1. The number of ether oxygens (including phenoxy) is 1. The van der Waals surface area contributed by atoms with Gasteiger partial charge in [-0.1, -0.05) is 24.3 Å². The van der Waals surface area contributed by atoms with Gasteiger partial charge in [0.15, 0.2) is 5.82 Å². The number of anilines is 1. The van der Waals surface area contributed by atoms with E-state index in [0.717, 1.165) is 37.9 Å². The smallest absolute Gasteiger partial charge is 0.308 e. The van der Waals surface area contributed by atoms with Gasteiger partial charge in [0, 0.05) is 21.7 Å². The number of carbonyl (C=O) groups excluding carboxylic acids is 1. The van der Waals surface area contributed by atoms with Crippen molar-refractivity contribution < 1.29 is 19.4 Å². The third-order valence-electron chi connectivity index (χ3n) is 7.02. The molecule has 0 spiro atoms. The third-order valence-corrected chi connectivity index (χ3v) is 8.21. The quantitative estimate of drug-likeness (QED) is 0.337. The maximum absolute atomic E-state index is 12.7. The number of carboxylic acids is 1. The Hall–Kier alpha value is -4.31. The Morgan fingerprint density at radius 1 is 1.08 bits per heavy atom. The fraction of sp³-hybridized carbons (Fsp3) is 0.276. The van der Waals surface area contributed by atoms with E-state index in [-0.39, 0.29) is 12.3 Å². The first-order valence-electron chi connectivity index (χ1n) is 12.5. The largest absolute Gasteiger partial charge is 0.497 e. The first-order valence-corrected chi connectivity index (χ1v) is 13.4. The fourth-order valence-electron chi connectivity index (χ4n) is 4.66. The van der Waals surface area contributed by atoms with Crippen LogP contribution in [0.15, 0.2) is 53.5 Å². The number of methoxy groups -OCH3 is 1. The summed E-state index contributed by atoms with van der Waals surface area (Å²) in [5.74, 6) is 0.0433. The van der Waals surface area contributed by atoms with Gasteiger partial charge in [0.2, 0.25) is 5.91 Å². The molecule has 0 saturated heterocycles. The lowest BCUT2D eigenvalue weighted by atomic mass is 9.98. The number of thiophene rings is 1. The van der Waals surface area contributed by atoms with Gasteiger partial charge in [-0.15, -0.1) is 21.5 Å². The summed E-state index contributed by atoms with van der Waals surface area (Å²) in [7, 11) is 1.60. The highest BCUT2D eigenvalue weighted by Gasteiger charge is 2.36. The van der Waals surface area contributed by atoms with E-state index < -0.39 is 17.9 Å². The number of carboxylic acid groups (broad SMARTS) is 1. The summed E-state index contributed by atoms with van der Waals surface area (Å²) in [5.41, 5.74) is 5.09. The summed E-state index contributed by atoms with van der Waals surface area (Å²) in [4.78, 5) is 30.9. The predicted molar refractivity (Wildman–Crippen MR) is 150 cm³/mol. The minimum atomic E-state index is -0.955. The first kappa shape index (κ1) is 26.3. The number of rotatable bonds is 7. The van der Waals surface area contributed by atoms with Crippen LogP contribution < -0.4 is 10.1 Å². The molecule has 2 aromatic carbocycles. The van der Waals surface area contributed by atoms with Crippen molar-refractivity contribution in [3.05, 3.63) is 87.3 Å². The molecule has 0 fully saturated rings. The Morgan fingerprint density at radius 3 is 2.41 bits per heavy atom. The summed E-state index contributed by atoms with van der Waals surface area (Å²) < 4.78 is 7.11. The molecular weight excluding hydrogens is 514 g/mol. The molecule has 3 heterocycles. The number of nitrogens with zero attached hydrogens (tertiary/aromatic N) is 4. The van der Waals surface area contributed by atoms with Crippen LogP contribution in [-0.4, -0.2) is 44.6 Å². The summed E-state index contributed by atoms with van der Waals surface area (Å²) in [6.07, 6.45) is 0.239. The molecule has 0 saturated carbocycles. The highest BCUT2D eigenvalue weighted by molar-refractivity contribution is 7.15. The van der Waals surface area contributed by atoms with Gasteiger partial charge in [-0.2, -0.15) is 0 Å². The zero-order chi connectivity index (χ0) is 27.8. The number of benzene rings is 2. The molecule has 1 aliphatic rings. The minimum absolute atomic E-state index is 0.130. The molecule has 4 aromatic rings. The van der Waals surface area contributed by atoms with Crippen molar-refractivity contribution in [2.45, 2.75) is 40.2 Å². The Bertz CT molecular complexity index is 1590. The maximum atomic E-state index is 12.7. The van der Waals surface area contributed by atoms with E-state index >= 15 is 0 Å². The van der Waals surface area contributed by atoms with Crippen LogP contribution in [0.4, 0.5) is 5.69 Å². The average Bonchev–Trinajstić information content (AvgIpc) is 3.39. The molecule has 1 amide bonds. The van der Waals surface area contributed by atoms with Crippen LogP contribution in [0.5, 0.6) is 5.75 Å². The van der Waals surface area contributed by atoms with Crippen molar-refractivity contribution in [2.24, 2.45) is 10.9 Å². The summed E-state index contributed by atoms with van der Waals surface area (Å²) in [5, 5.41) is 22.3. The van der Waals surface area contributed by atoms with E-state index in [0.29, 0.717) is 23.0 Å². The van der Waals surface area contributed by atoms with Gasteiger partial charge in [0.1, 0.15) is 22.6 Å². The lowest BCUT2D eigenvalue weighted by Gasteiger charge is -2.16. The molecule has 1 unspecified atom stereocenters. The van der Waals surface area contributed by atoms with Crippen molar-refractivity contribution in [3.8, 4) is 10.8 Å². The molecule has 2 N–H and O–H groups in total. The monoisotopic (exact) mass is 543 g/mol. The van der Waals surface area contributed by atoms with E-state index in [1.807, 2.05) is 66.9 Å². The van der Waals surface area contributed by atoms with Crippen molar-refractivity contribution in [1.29, 1.82) is 0 Å². The van der Waals surface area contributed by atoms with E-state index in [9.17, 15) is 14.7 Å². The molecule has 5 rings (SSSR count). The lowest BCUT2D eigenvalue weighted by Crippen LogP contribution is -2.21. The van der Waals surface area contributed by atoms with Gasteiger partial charge < -0.3 is 15.2 Å². The van der Waals surface area contributed by atoms with Crippen LogP contribution in [0.3, 0.4) is 0 Å². The van der Waals surface area contributed by atoms with Crippen LogP contribution in [0, 0.1) is 26.7 Å². The number of amides is 1. The highest BCUT2D eigenvalue weighted by atomic mass is 32.1. The van der Waals surface area contributed by atoms with Crippen LogP contribution in [0.1, 0.15) is 51.7 Å². The van der Waals surface area contributed by atoms with Crippen molar-refractivity contribution in [2.75, 3.05) is 12.4 Å². The molecule has 0 bridgehead atoms. The molecule has 10 heteroatoms. The van der Waals surface area contributed by atoms with Gasteiger partial charge in [-0.3, -0.25) is 19.1 Å². The van der Waals surface area contributed by atoms with Crippen LogP contribution in [0.25, 0.3) is 5.00 Å². The normalized spacial score (nSPS) is 15.0. The number of hydrogen-bond acceptors (Lipinski definition) is 7. The topological polar surface area (TPSA) is 119 Å². The molecule has 2 aromatic heterocycles. The number of hydrogen-bond donors (Lipinski definition) is 2. The zero-order valence-electron chi connectivity index (χ0n) is 22.3. The Kier molecular flexibility index (Phi) is 7.05. The highest BCUT2D eigenvalue weighted by Crippen LogP contribution is 2.40. The number of aliphatic imine (C=N–C) groups is 1. The first-order chi connectivity index (χ1) is 18.7. The van der Waals surface area contributed by atoms with Crippen molar-refractivity contribution in [3.63, 3.8) is 0 Å². The van der Waals surface area contributed by atoms with Gasteiger partial charge in [0.05, 0.1) is 25.2 Å². The second-order valence-electron chi connectivity index (χ2n) is 9.60. The zero-order valence-corrected chi connectivity index (χ0v) is 23.2. The second-order valence-corrected chi connectivity index (χ2v) is 10.8. The van der Waals surface area contributed by atoms with Crippen LogP contribution in [0.2, 0.25) is 0 Å². The number of aromatic nitrogens is 3. The average molecular weight is 544 g/mol. The number of carbonyl (C=O) groups is 2. The number of fused-ring (bicyclic) bond motifs is 3. The third kappa shape index (κ3) is 4.95. The summed E-state index contributed by atoms with van der Waals surface area (Å²) >= 11 is 1.62. The Morgan fingerprint density at radius 2 is 1.77 bits per heavy atom. The van der Waals surface area contributed by atoms with E-state index in [2.05, 4.69) is 22.4 Å². The fourth-order valence-corrected chi connectivity index (χ4v) is 5.88. The number of aryl methyl sites for hydroxylation is 2. The predicted octanol–water partition coefficient (Wildman–Crippen LogP) is 5.06. The van der Waals surface area contributed by atoms with Crippen molar-refractivity contribution >= 4 is 34.6 Å². The number of aliphatic carboxylic acids is 1. The van der Waals surface area contributed by atoms with E-state index in [1.54, 1.807) is 25.4 Å². The lowest BCUT2D eigenvalue weighted by molar-refractivity contribution is -0.141. The Labute approximate surface area is 230 Å². The maximum Gasteiger partial charge on any atom is 0.308 e. The summed E-state index contributed by atoms with van der Waals surface area (Å²) in [6, 6.07) is 14.1. The van der Waals surface area contributed by atoms with Crippen LogP contribution >= 0.6 is 11.3 Å². The molecular formula is C29H29N5O4S. The second kappa shape index (κ2) is 10.5. The van der Waals surface area contributed by atoms with E-state index in [1.165, 1.54) is 0 Å².